The zero-order valence-electron chi connectivity index (χ0n) is 21.6. The van der Waals surface area contributed by atoms with Crippen LogP contribution in [-0.2, 0) is 35.6 Å². The molecular weight excluding hydrogens is 486 g/mol. The van der Waals surface area contributed by atoms with Crippen molar-refractivity contribution in [1.29, 1.82) is 0 Å². The highest BCUT2D eigenvalue weighted by atomic mass is 16.5. The van der Waals surface area contributed by atoms with E-state index < -0.39 is 0 Å². The monoisotopic (exact) mass is 515 g/mol. The Morgan fingerprint density at radius 2 is 1.41 bits per heavy atom. The molecule has 1 atom stereocenters. The van der Waals surface area contributed by atoms with Crippen LogP contribution in [0.4, 0.5) is 0 Å². The van der Waals surface area contributed by atoms with Crippen molar-refractivity contribution in [3.63, 3.8) is 0 Å². The number of nitrogens with zero attached hydrogens (tertiary/aromatic N) is 1. The quantitative estimate of drug-likeness (QED) is 0.225. The number of aromatic nitrogens is 1. The molecule has 0 N–H and O–H groups in total. The predicted octanol–water partition coefficient (Wildman–Crippen LogP) is 6.76. The average Bonchev–Trinajstić information content (AvgIpc) is 3.33. The third kappa shape index (κ3) is 5.21. The van der Waals surface area contributed by atoms with E-state index in [1.54, 1.807) is 0 Å². The Morgan fingerprint density at radius 3 is 2.10 bits per heavy atom. The number of carbonyl (C=O) groups is 2. The summed E-state index contributed by atoms with van der Waals surface area (Å²) < 4.78 is 13.6. The zero-order chi connectivity index (χ0) is 26.6. The Balaban J connectivity index is 1.32. The summed E-state index contributed by atoms with van der Waals surface area (Å²) in [6, 6.07) is 34.9. The molecule has 5 nitrogen and oxygen atoms in total. The van der Waals surface area contributed by atoms with Crippen LogP contribution < -0.4 is 4.74 Å². The molecule has 6 rings (SSSR count). The summed E-state index contributed by atoms with van der Waals surface area (Å²) in [5.41, 5.74) is 5.49. The molecular formula is C34H29NO4. The fourth-order valence-corrected chi connectivity index (χ4v) is 5.36. The highest BCUT2D eigenvalue weighted by molar-refractivity contribution is 6.04. The molecule has 0 radical (unpaired) electrons. The van der Waals surface area contributed by atoms with Gasteiger partial charge in [-0.05, 0) is 66.3 Å². The lowest BCUT2D eigenvalue weighted by atomic mass is 9.86. The second-order valence-electron chi connectivity index (χ2n) is 9.92. The molecule has 5 aromatic rings. The summed E-state index contributed by atoms with van der Waals surface area (Å²) in [5, 5.41) is 0.945. The molecule has 4 aromatic carbocycles. The van der Waals surface area contributed by atoms with Crippen molar-refractivity contribution in [1.82, 2.24) is 4.57 Å². The maximum absolute atomic E-state index is 13.7. The number of rotatable bonds is 7. The van der Waals surface area contributed by atoms with E-state index in [1.165, 1.54) is 0 Å². The van der Waals surface area contributed by atoms with Crippen LogP contribution in [0.3, 0.4) is 0 Å². The minimum Gasteiger partial charge on any atom is -0.489 e. The molecule has 194 valence electrons. The molecule has 0 saturated carbocycles. The van der Waals surface area contributed by atoms with Crippen molar-refractivity contribution in [3.8, 4) is 5.75 Å². The number of hydrogen-bond acceptors (Lipinski definition) is 4. The van der Waals surface area contributed by atoms with Crippen LogP contribution in [0.2, 0.25) is 0 Å². The standard InChI is InChI=1S/C34H29NO4/c36-33(26-14-8-3-9-15-26)35-31-18-16-27(34(37)39-23-25-12-6-2-7-13-25)20-29(31)30-21-28(17-19-32(30)35)38-22-24-10-4-1-5-11-24/h1-15,17,19,21,27H,16,18,20,22-23H2. The second-order valence-corrected chi connectivity index (χ2v) is 9.92. The van der Waals surface area contributed by atoms with Crippen molar-refractivity contribution < 1.29 is 19.1 Å². The fourth-order valence-electron chi connectivity index (χ4n) is 5.36. The van der Waals surface area contributed by atoms with Gasteiger partial charge in [-0.3, -0.25) is 14.2 Å². The summed E-state index contributed by atoms with van der Waals surface area (Å²) in [6.45, 7) is 0.710. The van der Waals surface area contributed by atoms with Crippen LogP contribution in [0, 0.1) is 5.92 Å². The van der Waals surface area contributed by atoms with E-state index in [-0.39, 0.29) is 24.4 Å². The first kappa shape index (κ1) is 24.7. The van der Waals surface area contributed by atoms with E-state index in [4.69, 9.17) is 9.47 Å². The van der Waals surface area contributed by atoms with E-state index in [0.29, 0.717) is 31.4 Å². The van der Waals surface area contributed by atoms with E-state index >= 15 is 0 Å². The summed E-state index contributed by atoms with van der Waals surface area (Å²) >= 11 is 0. The van der Waals surface area contributed by atoms with Gasteiger partial charge in [-0.25, -0.2) is 0 Å². The maximum Gasteiger partial charge on any atom is 0.309 e. The molecule has 0 amide bonds. The molecule has 0 bridgehead atoms. The van der Waals surface area contributed by atoms with Crippen molar-refractivity contribution >= 4 is 22.8 Å². The van der Waals surface area contributed by atoms with Crippen LogP contribution in [-0.4, -0.2) is 16.4 Å². The molecule has 0 fully saturated rings. The number of benzene rings is 4. The molecule has 0 spiro atoms. The van der Waals surface area contributed by atoms with Gasteiger partial charge in [0.15, 0.2) is 0 Å². The summed E-state index contributed by atoms with van der Waals surface area (Å²) in [4.78, 5) is 26.8. The predicted molar refractivity (Wildman–Crippen MR) is 151 cm³/mol. The van der Waals surface area contributed by atoms with Gasteiger partial charge in [-0.1, -0.05) is 78.9 Å². The van der Waals surface area contributed by atoms with Crippen molar-refractivity contribution in [2.75, 3.05) is 0 Å². The number of ether oxygens (including phenoxy) is 2. The van der Waals surface area contributed by atoms with E-state index in [0.717, 1.165) is 39.0 Å². The topological polar surface area (TPSA) is 57.5 Å². The lowest BCUT2D eigenvalue weighted by Crippen LogP contribution is -2.26. The first-order valence-electron chi connectivity index (χ1n) is 13.3. The van der Waals surface area contributed by atoms with Gasteiger partial charge in [-0.2, -0.15) is 0 Å². The molecule has 1 aliphatic carbocycles. The SMILES string of the molecule is O=C(OCc1ccccc1)C1CCc2c(c3cc(OCc4ccccc4)ccc3n2C(=O)c2ccccc2)C1. The van der Waals surface area contributed by atoms with E-state index in [9.17, 15) is 9.59 Å². The Kier molecular flexibility index (Phi) is 6.96. The summed E-state index contributed by atoms with van der Waals surface area (Å²) in [5.74, 6) is 0.203. The molecule has 1 aliphatic rings. The number of hydrogen-bond donors (Lipinski definition) is 0. The smallest absolute Gasteiger partial charge is 0.309 e. The van der Waals surface area contributed by atoms with Crippen LogP contribution in [0.1, 0.15) is 39.2 Å². The lowest BCUT2D eigenvalue weighted by Gasteiger charge is -2.22. The third-order valence-electron chi connectivity index (χ3n) is 7.36. The van der Waals surface area contributed by atoms with E-state index in [1.807, 2.05) is 114 Å². The first-order valence-corrected chi connectivity index (χ1v) is 13.3. The highest BCUT2D eigenvalue weighted by Gasteiger charge is 2.32. The van der Waals surface area contributed by atoms with Crippen LogP contribution in [0.5, 0.6) is 5.75 Å². The molecule has 5 heteroatoms. The van der Waals surface area contributed by atoms with Gasteiger partial charge in [0, 0.05) is 16.6 Å². The molecule has 39 heavy (non-hydrogen) atoms. The number of esters is 1. The van der Waals surface area contributed by atoms with Gasteiger partial charge in [-0.15, -0.1) is 0 Å². The van der Waals surface area contributed by atoms with Gasteiger partial charge in [0.25, 0.3) is 5.91 Å². The minimum atomic E-state index is -0.263. The first-order chi connectivity index (χ1) is 19.2. The zero-order valence-corrected chi connectivity index (χ0v) is 21.6. The Hall–Kier alpha value is -4.64. The van der Waals surface area contributed by atoms with Gasteiger partial charge >= 0.3 is 5.97 Å². The molecule has 1 aromatic heterocycles. The van der Waals surface area contributed by atoms with Gasteiger partial charge < -0.3 is 9.47 Å². The van der Waals surface area contributed by atoms with Crippen molar-refractivity contribution in [2.24, 2.45) is 5.92 Å². The number of fused-ring (bicyclic) bond motifs is 3. The maximum atomic E-state index is 13.7. The van der Waals surface area contributed by atoms with Crippen LogP contribution in [0.15, 0.2) is 109 Å². The normalized spacial score (nSPS) is 14.5. The summed E-state index contributed by atoms with van der Waals surface area (Å²) in [6.07, 6.45) is 1.78. The molecule has 0 aliphatic heterocycles. The Bertz CT molecular complexity index is 1610. The van der Waals surface area contributed by atoms with Crippen molar-refractivity contribution in [2.45, 2.75) is 32.5 Å². The lowest BCUT2D eigenvalue weighted by molar-refractivity contribution is -0.150. The average molecular weight is 516 g/mol. The van der Waals surface area contributed by atoms with Crippen LogP contribution in [0.25, 0.3) is 10.9 Å². The van der Waals surface area contributed by atoms with Crippen LogP contribution >= 0.6 is 0 Å². The largest absolute Gasteiger partial charge is 0.489 e. The Labute approximate surface area is 227 Å². The molecule has 1 unspecified atom stereocenters. The fraction of sp³-hybridized carbons (Fsp3) is 0.176. The molecule has 0 saturated heterocycles. The highest BCUT2D eigenvalue weighted by Crippen LogP contribution is 2.37. The van der Waals surface area contributed by atoms with Gasteiger partial charge in [0.1, 0.15) is 19.0 Å². The second kappa shape index (κ2) is 11.0. The van der Waals surface area contributed by atoms with Gasteiger partial charge in [0.05, 0.1) is 11.4 Å². The number of carbonyl (C=O) groups excluding carboxylic acids is 2. The third-order valence-corrected chi connectivity index (χ3v) is 7.36. The van der Waals surface area contributed by atoms with Crippen molar-refractivity contribution in [3.05, 3.63) is 137 Å². The summed E-state index contributed by atoms with van der Waals surface area (Å²) in [7, 11) is 0. The van der Waals surface area contributed by atoms with Gasteiger partial charge in [0.2, 0.25) is 0 Å². The molecule has 1 heterocycles. The minimum absolute atomic E-state index is 0.0649. The van der Waals surface area contributed by atoms with E-state index in [2.05, 4.69) is 0 Å². The Morgan fingerprint density at radius 1 is 0.769 bits per heavy atom.